The fourth-order valence-corrected chi connectivity index (χ4v) is 1.46. The van der Waals surface area contributed by atoms with Gasteiger partial charge in [0.2, 0.25) is 0 Å². The third-order valence-electron chi connectivity index (χ3n) is 1.54. The number of esters is 1. The fourth-order valence-electron chi connectivity index (χ4n) is 0.883. The summed E-state index contributed by atoms with van der Waals surface area (Å²) in [4.78, 5) is 14.9. The lowest BCUT2D eigenvalue weighted by Crippen LogP contribution is -2.05. The lowest BCUT2D eigenvalue weighted by molar-refractivity contribution is 0.0599. The molecule has 0 aliphatic carbocycles. The molecule has 0 radical (unpaired) electrons. The Morgan fingerprint density at radius 3 is 2.85 bits per heavy atom. The van der Waals surface area contributed by atoms with E-state index in [1.807, 2.05) is 0 Å². The van der Waals surface area contributed by atoms with Crippen molar-refractivity contribution in [2.45, 2.75) is 5.88 Å². The summed E-state index contributed by atoms with van der Waals surface area (Å²) in [5.41, 5.74) is 0.857. The van der Waals surface area contributed by atoms with Gasteiger partial charge >= 0.3 is 5.97 Å². The molecular formula is C8H7Cl2NO2. The molecule has 1 rings (SSSR count). The van der Waals surface area contributed by atoms with Crippen molar-refractivity contribution in [1.29, 1.82) is 0 Å². The minimum atomic E-state index is -0.481. The smallest absolute Gasteiger partial charge is 0.339 e. The van der Waals surface area contributed by atoms with Crippen LogP contribution in [-0.4, -0.2) is 18.1 Å². The number of hydrogen-bond acceptors (Lipinski definition) is 3. The van der Waals surface area contributed by atoms with Gasteiger partial charge < -0.3 is 4.74 Å². The molecule has 3 nitrogen and oxygen atoms in total. The first-order chi connectivity index (χ1) is 6.20. The van der Waals surface area contributed by atoms with Gasteiger partial charge in [0.15, 0.2) is 0 Å². The predicted molar refractivity (Wildman–Crippen MR) is 50.1 cm³/mol. The Morgan fingerprint density at radius 1 is 1.62 bits per heavy atom. The van der Waals surface area contributed by atoms with Crippen molar-refractivity contribution < 1.29 is 9.53 Å². The second kappa shape index (κ2) is 4.44. The van der Waals surface area contributed by atoms with Gasteiger partial charge in [-0.1, -0.05) is 11.6 Å². The number of carbonyl (C=O) groups excluding carboxylic acids is 1. The summed E-state index contributed by atoms with van der Waals surface area (Å²) >= 11 is 11.4. The van der Waals surface area contributed by atoms with Crippen LogP contribution in [0.25, 0.3) is 0 Å². The quantitative estimate of drug-likeness (QED) is 0.566. The number of nitrogens with zero attached hydrogens (tertiary/aromatic N) is 1. The van der Waals surface area contributed by atoms with Crippen molar-refractivity contribution in [3.05, 3.63) is 28.5 Å². The predicted octanol–water partition coefficient (Wildman–Crippen LogP) is 2.26. The van der Waals surface area contributed by atoms with Crippen LogP contribution in [0.15, 0.2) is 12.4 Å². The molecule has 70 valence electrons. The molecule has 1 heterocycles. The number of rotatable bonds is 2. The first kappa shape index (κ1) is 10.3. The minimum Gasteiger partial charge on any atom is -0.465 e. The van der Waals surface area contributed by atoms with Crippen molar-refractivity contribution in [2.24, 2.45) is 0 Å². The molecule has 0 saturated heterocycles. The largest absolute Gasteiger partial charge is 0.465 e. The van der Waals surface area contributed by atoms with Gasteiger partial charge in [-0.15, -0.1) is 11.6 Å². The van der Waals surface area contributed by atoms with E-state index < -0.39 is 5.97 Å². The van der Waals surface area contributed by atoms with Gasteiger partial charge in [0.05, 0.1) is 17.7 Å². The Hall–Kier alpha value is -0.800. The summed E-state index contributed by atoms with van der Waals surface area (Å²) in [7, 11) is 1.29. The van der Waals surface area contributed by atoms with Crippen LogP contribution in [0, 0.1) is 0 Å². The van der Waals surface area contributed by atoms with Crippen molar-refractivity contribution in [1.82, 2.24) is 4.98 Å². The summed E-state index contributed by atoms with van der Waals surface area (Å²) in [5, 5.41) is 0.373. The molecule has 0 spiro atoms. The maximum Gasteiger partial charge on any atom is 0.339 e. The Labute approximate surface area is 85.6 Å². The van der Waals surface area contributed by atoms with Crippen LogP contribution in [0.5, 0.6) is 0 Å². The molecule has 5 heteroatoms. The molecule has 0 unspecified atom stereocenters. The molecule has 1 aromatic rings. The number of halogens is 2. The van der Waals surface area contributed by atoms with Crippen LogP contribution in [0.3, 0.4) is 0 Å². The Kier molecular flexibility index (Phi) is 3.51. The summed E-state index contributed by atoms with van der Waals surface area (Å²) in [6, 6.07) is 0. The molecule has 0 atom stereocenters. The number of ether oxygens (including phenoxy) is 1. The van der Waals surface area contributed by atoms with E-state index in [-0.39, 0.29) is 5.88 Å². The zero-order valence-electron chi connectivity index (χ0n) is 6.88. The second-order valence-corrected chi connectivity index (χ2v) is 2.95. The van der Waals surface area contributed by atoms with Gasteiger partial charge in [0.1, 0.15) is 0 Å². The lowest BCUT2D eigenvalue weighted by Gasteiger charge is -2.05. The zero-order valence-corrected chi connectivity index (χ0v) is 8.39. The van der Waals surface area contributed by atoms with Crippen molar-refractivity contribution in [3.63, 3.8) is 0 Å². The summed E-state index contributed by atoms with van der Waals surface area (Å²) in [6.45, 7) is 0. The molecule has 0 fully saturated rings. The third-order valence-corrected chi connectivity index (χ3v) is 2.14. The first-order valence-electron chi connectivity index (χ1n) is 3.47. The monoisotopic (exact) mass is 219 g/mol. The molecule has 0 saturated carbocycles. The molecular weight excluding hydrogens is 213 g/mol. The van der Waals surface area contributed by atoms with E-state index in [2.05, 4.69) is 9.72 Å². The van der Waals surface area contributed by atoms with Gasteiger partial charge in [0.25, 0.3) is 0 Å². The Bertz CT molecular complexity index is 328. The van der Waals surface area contributed by atoms with Crippen LogP contribution in [0.1, 0.15) is 15.9 Å². The Balaban J connectivity index is 3.20. The fraction of sp³-hybridized carbons (Fsp3) is 0.250. The number of hydrogen-bond donors (Lipinski definition) is 0. The van der Waals surface area contributed by atoms with Crippen LogP contribution < -0.4 is 0 Å². The van der Waals surface area contributed by atoms with Gasteiger partial charge in [-0.25, -0.2) is 4.79 Å². The summed E-state index contributed by atoms with van der Waals surface area (Å²) in [5.74, 6) is -0.322. The third kappa shape index (κ3) is 2.11. The maximum atomic E-state index is 11.2. The lowest BCUT2D eigenvalue weighted by atomic mass is 10.1. The van der Waals surface area contributed by atoms with Crippen LogP contribution in [-0.2, 0) is 10.6 Å². The highest BCUT2D eigenvalue weighted by Crippen LogP contribution is 2.20. The van der Waals surface area contributed by atoms with E-state index in [1.54, 1.807) is 0 Å². The van der Waals surface area contributed by atoms with Crippen LogP contribution >= 0.6 is 23.2 Å². The molecule has 0 amide bonds. The topological polar surface area (TPSA) is 39.2 Å². The van der Waals surface area contributed by atoms with Crippen molar-refractivity contribution in [3.8, 4) is 0 Å². The molecule has 0 bridgehead atoms. The molecule has 0 aromatic carbocycles. The van der Waals surface area contributed by atoms with Gasteiger partial charge in [-0.2, -0.15) is 0 Å². The average molecular weight is 220 g/mol. The SMILES string of the molecule is COC(=O)c1cncc(Cl)c1CCl. The molecule has 1 aromatic heterocycles. The number of methoxy groups -OCH3 is 1. The van der Waals surface area contributed by atoms with Crippen molar-refractivity contribution in [2.75, 3.05) is 7.11 Å². The molecule has 0 aliphatic rings. The number of carbonyl (C=O) groups is 1. The van der Waals surface area contributed by atoms with E-state index in [1.165, 1.54) is 19.5 Å². The van der Waals surface area contributed by atoms with Crippen molar-refractivity contribution >= 4 is 29.2 Å². The highest BCUT2D eigenvalue weighted by molar-refractivity contribution is 6.32. The van der Waals surface area contributed by atoms with Gasteiger partial charge in [-0.3, -0.25) is 4.98 Å². The normalized spacial score (nSPS) is 9.77. The molecule has 13 heavy (non-hydrogen) atoms. The first-order valence-corrected chi connectivity index (χ1v) is 4.38. The minimum absolute atomic E-state index is 0.159. The highest BCUT2D eigenvalue weighted by atomic mass is 35.5. The maximum absolute atomic E-state index is 11.2. The van der Waals surface area contributed by atoms with Crippen LogP contribution in [0.2, 0.25) is 5.02 Å². The number of alkyl halides is 1. The van der Waals surface area contributed by atoms with Gasteiger partial charge in [-0.05, 0) is 0 Å². The molecule has 0 aliphatic heterocycles. The second-order valence-electron chi connectivity index (χ2n) is 2.27. The van der Waals surface area contributed by atoms with E-state index in [9.17, 15) is 4.79 Å². The van der Waals surface area contributed by atoms with E-state index in [0.717, 1.165) is 0 Å². The number of pyridine rings is 1. The molecule has 0 N–H and O–H groups in total. The standard InChI is InChI=1S/C8H7Cl2NO2/c1-13-8(12)6-3-11-4-7(10)5(6)2-9/h3-4H,2H2,1H3. The van der Waals surface area contributed by atoms with Gasteiger partial charge in [0, 0.05) is 23.8 Å². The Morgan fingerprint density at radius 2 is 2.31 bits per heavy atom. The summed E-state index contributed by atoms with van der Waals surface area (Å²) in [6.07, 6.45) is 2.82. The van der Waals surface area contributed by atoms with E-state index in [4.69, 9.17) is 23.2 Å². The zero-order chi connectivity index (χ0) is 9.84. The van der Waals surface area contributed by atoms with E-state index in [0.29, 0.717) is 16.1 Å². The van der Waals surface area contributed by atoms with E-state index >= 15 is 0 Å². The van der Waals surface area contributed by atoms with Crippen LogP contribution in [0.4, 0.5) is 0 Å². The summed E-state index contributed by atoms with van der Waals surface area (Å²) < 4.78 is 4.54. The highest BCUT2D eigenvalue weighted by Gasteiger charge is 2.13. The number of aromatic nitrogens is 1. The average Bonchev–Trinajstić information content (AvgIpc) is 2.16.